The fraction of sp³-hybridized carbons (Fsp3) is 0.0526. The van der Waals surface area contributed by atoms with Gasteiger partial charge in [0.25, 0.3) is 0 Å². The maximum absolute atomic E-state index is 8.77. The quantitative estimate of drug-likeness (QED) is 0.573. The Labute approximate surface area is 138 Å². The van der Waals surface area contributed by atoms with Gasteiger partial charge < -0.3 is 9.68 Å². The zero-order valence-electron chi connectivity index (χ0n) is 13.0. The topological polar surface area (TPSA) is 29.5 Å². The summed E-state index contributed by atoms with van der Waals surface area (Å²) < 4.78 is 5.03. The molecular formula is C19H18BO2Si. The standard InChI is InChI=1S/C19H18BO2Si/c1-23(17-8-4-2-5-9-17,18-10-6-3-7-11-18)19-14-12-16(13-15-19)22-20-21/h2-15,21H,1H3. The van der Waals surface area contributed by atoms with Gasteiger partial charge in [0.05, 0.1) is 5.75 Å². The highest BCUT2D eigenvalue weighted by molar-refractivity contribution is 7.10. The average molecular weight is 317 g/mol. The molecule has 0 aliphatic rings. The summed E-state index contributed by atoms with van der Waals surface area (Å²) in [7, 11) is -1.34. The first kappa shape index (κ1) is 15.6. The number of rotatable bonds is 5. The minimum absolute atomic E-state index is 0.633. The van der Waals surface area contributed by atoms with E-state index in [1.807, 2.05) is 12.1 Å². The molecule has 0 aliphatic carbocycles. The lowest BCUT2D eigenvalue weighted by Crippen LogP contribution is -2.64. The molecule has 23 heavy (non-hydrogen) atoms. The summed E-state index contributed by atoms with van der Waals surface area (Å²) in [5.74, 6) is 0.633. The van der Waals surface area contributed by atoms with Gasteiger partial charge in [-0.3, -0.25) is 0 Å². The molecule has 1 radical (unpaired) electrons. The van der Waals surface area contributed by atoms with E-state index in [1.165, 1.54) is 15.6 Å². The normalized spacial score (nSPS) is 11.0. The van der Waals surface area contributed by atoms with Gasteiger partial charge in [-0.15, -0.1) is 0 Å². The highest BCUT2D eigenvalue weighted by atomic mass is 28.3. The van der Waals surface area contributed by atoms with E-state index in [0.29, 0.717) is 13.4 Å². The average Bonchev–Trinajstić information content (AvgIpc) is 2.63. The van der Waals surface area contributed by atoms with E-state index in [0.717, 1.165) is 0 Å². The molecule has 3 aromatic rings. The van der Waals surface area contributed by atoms with Gasteiger partial charge >= 0.3 is 7.69 Å². The van der Waals surface area contributed by atoms with Crippen molar-refractivity contribution in [2.75, 3.05) is 0 Å². The monoisotopic (exact) mass is 317 g/mol. The van der Waals surface area contributed by atoms with E-state index in [4.69, 9.17) is 9.68 Å². The highest BCUT2D eigenvalue weighted by Crippen LogP contribution is 2.12. The first-order valence-corrected chi connectivity index (χ1v) is 10.1. The molecule has 0 saturated carbocycles. The summed E-state index contributed by atoms with van der Waals surface area (Å²) in [5.41, 5.74) is 0. The maximum Gasteiger partial charge on any atom is 0.569 e. The fourth-order valence-electron chi connectivity index (χ4n) is 2.97. The number of hydrogen-bond donors (Lipinski definition) is 1. The third-order valence-electron chi connectivity index (χ3n) is 4.32. The predicted molar refractivity (Wildman–Crippen MR) is 98.4 cm³/mol. The van der Waals surface area contributed by atoms with Crippen LogP contribution in [0.4, 0.5) is 0 Å². The second kappa shape index (κ2) is 6.86. The van der Waals surface area contributed by atoms with Gasteiger partial charge in [-0.2, -0.15) is 0 Å². The second-order valence-corrected chi connectivity index (χ2v) is 9.59. The Balaban J connectivity index is 2.13. The summed E-state index contributed by atoms with van der Waals surface area (Å²) in [6.45, 7) is 2.37. The van der Waals surface area contributed by atoms with Gasteiger partial charge in [-0.05, 0) is 27.7 Å². The minimum atomic E-state index is -2.05. The first-order valence-electron chi connectivity index (χ1n) is 7.59. The lowest BCUT2D eigenvalue weighted by molar-refractivity contribution is 0.454. The Morgan fingerprint density at radius 2 is 1.13 bits per heavy atom. The van der Waals surface area contributed by atoms with E-state index >= 15 is 0 Å². The highest BCUT2D eigenvalue weighted by Gasteiger charge is 2.33. The third-order valence-corrected chi connectivity index (χ3v) is 8.79. The van der Waals surface area contributed by atoms with Crippen LogP contribution < -0.4 is 20.2 Å². The molecule has 0 spiro atoms. The Morgan fingerprint density at radius 1 is 0.696 bits per heavy atom. The van der Waals surface area contributed by atoms with Crippen LogP contribution in [-0.4, -0.2) is 20.8 Å². The van der Waals surface area contributed by atoms with Crippen molar-refractivity contribution in [3.05, 3.63) is 84.9 Å². The molecule has 0 saturated heterocycles. The van der Waals surface area contributed by atoms with Crippen LogP contribution in [0.25, 0.3) is 0 Å². The van der Waals surface area contributed by atoms with Gasteiger partial charge in [0.1, 0.15) is 8.07 Å². The van der Waals surface area contributed by atoms with Crippen LogP contribution in [-0.2, 0) is 0 Å². The second-order valence-electron chi connectivity index (χ2n) is 5.60. The molecule has 0 fully saturated rings. The zero-order valence-corrected chi connectivity index (χ0v) is 14.0. The molecule has 4 heteroatoms. The van der Waals surface area contributed by atoms with Crippen LogP contribution in [0.5, 0.6) is 5.75 Å². The van der Waals surface area contributed by atoms with Crippen molar-refractivity contribution in [2.24, 2.45) is 0 Å². The van der Waals surface area contributed by atoms with E-state index < -0.39 is 8.07 Å². The van der Waals surface area contributed by atoms with Crippen molar-refractivity contribution in [3.63, 3.8) is 0 Å². The van der Waals surface area contributed by atoms with Crippen LogP contribution in [0.2, 0.25) is 6.55 Å². The van der Waals surface area contributed by atoms with Crippen LogP contribution in [0, 0.1) is 0 Å². The summed E-state index contributed by atoms with van der Waals surface area (Å²) >= 11 is 0. The van der Waals surface area contributed by atoms with Crippen molar-refractivity contribution >= 4 is 31.3 Å². The molecule has 1 N–H and O–H groups in total. The molecule has 0 heterocycles. The lowest BCUT2D eigenvalue weighted by Gasteiger charge is -2.29. The van der Waals surface area contributed by atoms with E-state index in [-0.39, 0.29) is 0 Å². The molecule has 0 atom stereocenters. The molecule has 113 valence electrons. The Bertz CT molecular complexity index is 706. The van der Waals surface area contributed by atoms with Crippen molar-refractivity contribution < 1.29 is 9.68 Å². The summed E-state index contributed by atoms with van der Waals surface area (Å²) in [4.78, 5) is 0. The molecule has 0 amide bonds. The Kier molecular flexibility index (Phi) is 4.65. The largest absolute Gasteiger partial charge is 0.569 e. The zero-order chi connectivity index (χ0) is 16.1. The van der Waals surface area contributed by atoms with Crippen molar-refractivity contribution in [3.8, 4) is 5.75 Å². The third kappa shape index (κ3) is 3.09. The molecule has 0 aliphatic heterocycles. The van der Waals surface area contributed by atoms with Crippen molar-refractivity contribution in [1.82, 2.24) is 0 Å². The fourth-order valence-corrected chi connectivity index (χ4v) is 6.52. The molecular weight excluding hydrogens is 299 g/mol. The maximum atomic E-state index is 8.77. The summed E-state index contributed by atoms with van der Waals surface area (Å²) in [6.07, 6.45) is 0. The van der Waals surface area contributed by atoms with Crippen molar-refractivity contribution in [2.45, 2.75) is 6.55 Å². The van der Waals surface area contributed by atoms with Crippen LogP contribution >= 0.6 is 0 Å². The SMILES string of the molecule is C[Si](c1ccccc1)(c1ccccc1)c1ccc(O[B]O)cc1. The predicted octanol–water partition coefficient (Wildman–Crippen LogP) is 1.69. The first-order chi connectivity index (χ1) is 11.2. The Hall–Kier alpha value is -2.30. The van der Waals surface area contributed by atoms with Gasteiger partial charge in [0, 0.05) is 0 Å². The van der Waals surface area contributed by atoms with Crippen LogP contribution in [0.1, 0.15) is 0 Å². The molecule has 3 rings (SSSR count). The van der Waals surface area contributed by atoms with E-state index in [2.05, 4.69) is 79.3 Å². The van der Waals surface area contributed by atoms with Gasteiger partial charge in [-0.1, -0.05) is 79.3 Å². The Morgan fingerprint density at radius 3 is 1.57 bits per heavy atom. The van der Waals surface area contributed by atoms with Gasteiger partial charge in [0.2, 0.25) is 0 Å². The summed E-state index contributed by atoms with van der Waals surface area (Å²) in [5, 5.41) is 12.8. The lowest BCUT2D eigenvalue weighted by atomic mass is 10.3. The molecule has 0 unspecified atom stereocenters. The van der Waals surface area contributed by atoms with Crippen LogP contribution in [0.3, 0.4) is 0 Å². The van der Waals surface area contributed by atoms with Crippen molar-refractivity contribution in [1.29, 1.82) is 0 Å². The minimum Gasteiger partial charge on any atom is -0.537 e. The van der Waals surface area contributed by atoms with E-state index in [9.17, 15) is 0 Å². The molecule has 0 aromatic heterocycles. The molecule has 0 bridgehead atoms. The molecule has 2 nitrogen and oxygen atoms in total. The van der Waals surface area contributed by atoms with E-state index in [1.54, 1.807) is 0 Å². The summed E-state index contributed by atoms with van der Waals surface area (Å²) in [6, 6.07) is 29.4. The molecule has 3 aromatic carbocycles. The number of hydrogen-bond acceptors (Lipinski definition) is 2. The smallest absolute Gasteiger partial charge is 0.537 e. The van der Waals surface area contributed by atoms with Gasteiger partial charge in [-0.25, -0.2) is 0 Å². The van der Waals surface area contributed by atoms with Crippen LogP contribution in [0.15, 0.2) is 84.9 Å². The van der Waals surface area contributed by atoms with Gasteiger partial charge in [0.15, 0.2) is 0 Å². The number of benzene rings is 3.